The Bertz CT molecular complexity index is 992. The summed E-state index contributed by atoms with van der Waals surface area (Å²) in [6, 6.07) is 18.4. The van der Waals surface area contributed by atoms with Crippen LogP contribution in [0, 0.1) is 5.82 Å². The highest BCUT2D eigenvalue weighted by Gasteiger charge is 2.32. The van der Waals surface area contributed by atoms with E-state index in [2.05, 4.69) is 16.3 Å². The summed E-state index contributed by atoms with van der Waals surface area (Å²) in [5.41, 5.74) is 10.5. The SMILES string of the molecule is Nc1ccccc1NC1CCN([C@@H]2Cc3ccc(F)c4cccc2c34)CC1. The molecule has 5 rings (SSSR count). The van der Waals surface area contributed by atoms with Crippen LogP contribution in [0.2, 0.25) is 0 Å². The molecule has 1 heterocycles. The van der Waals surface area contributed by atoms with E-state index in [-0.39, 0.29) is 5.82 Å². The Hall–Kier alpha value is -2.59. The number of likely N-dealkylation sites (tertiary alicyclic amines) is 1. The molecule has 3 nitrogen and oxygen atoms in total. The molecule has 138 valence electrons. The van der Waals surface area contributed by atoms with Crippen LogP contribution < -0.4 is 11.1 Å². The lowest BCUT2D eigenvalue weighted by Gasteiger charge is -2.37. The minimum atomic E-state index is -0.111. The summed E-state index contributed by atoms with van der Waals surface area (Å²) in [6.07, 6.45) is 3.16. The third-order valence-electron chi connectivity index (χ3n) is 6.17. The molecule has 2 aliphatic rings. The molecule has 3 aromatic carbocycles. The number of piperidine rings is 1. The van der Waals surface area contributed by atoms with Crippen LogP contribution in [0.15, 0.2) is 54.6 Å². The highest BCUT2D eigenvalue weighted by atomic mass is 19.1. The lowest BCUT2D eigenvalue weighted by atomic mass is 9.99. The van der Waals surface area contributed by atoms with Crippen molar-refractivity contribution in [2.75, 3.05) is 24.1 Å². The number of rotatable bonds is 3. The first-order valence-corrected chi connectivity index (χ1v) is 9.76. The second kappa shape index (κ2) is 6.54. The van der Waals surface area contributed by atoms with Crippen LogP contribution in [0.1, 0.15) is 30.0 Å². The first kappa shape index (κ1) is 16.6. The first-order valence-electron chi connectivity index (χ1n) is 9.76. The van der Waals surface area contributed by atoms with E-state index in [1.807, 2.05) is 42.5 Å². The van der Waals surface area contributed by atoms with Crippen molar-refractivity contribution in [1.29, 1.82) is 0 Å². The number of anilines is 2. The van der Waals surface area contributed by atoms with Crippen LogP contribution in [0.3, 0.4) is 0 Å². The van der Waals surface area contributed by atoms with Crippen LogP contribution in [-0.2, 0) is 6.42 Å². The van der Waals surface area contributed by atoms with Gasteiger partial charge in [0, 0.05) is 30.6 Å². The molecule has 3 N–H and O–H groups in total. The molecular formula is C23H24FN3. The van der Waals surface area contributed by atoms with E-state index in [1.54, 1.807) is 6.07 Å². The van der Waals surface area contributed by atoms with Gasteiger partial charge in [0.25, 0.3) is 0 Å². The summed E-state index contributed by atoms with van der Waals surface area (Å²) >= 11 is 0. The van der Waals surface area contributed by atoms with Crippen LogP contribution in [0.4, 0.5) is 15.8 Å². The second-order valence-electron chi connectivity index (χ2n) is 7.74. The van der Waals surface area contributed by atoms with Crippen molar-refractivity contribution in [1.82, 2.24) is 4.90 Å². The predicted octanol–water partition coefficient (Wildman–Crippen LogP) is 4.73. The van der Waals surface area contributed by atoms with Gasteiger partial charge in [0.15, 0.2) is 0 Å². The summed E-state index contributed by atoms with van der Waals surface area (Å²) in [6.45, 7) is 2.09. The fourth-order valence-corrected chi connectivity index (χ4v) is 4.77. The van der Waals surface area contributed by atoms with Gasteiger partial charge in [0.05, 0.1) is 11.4 Å². The van der Waals surface area contributed by atoms with E-state index in [0.717, 1.165) is 54.5 Å². The molecule has 3 aromatic rings. The van der Waals surface area contributed by atoms with Crippen molar-refractivity contribution in [3.63, 3.8) is 0 Å². The molecule has 0 bridgehead atoms. The fourth-order valence-electron chi connectivity index (χ4n) is 4.77. The molecule has 0 amide bonds. The average molecular weight is 361 g/mol. The Labute approximate surface area is 159 Å². The van der Waals surface area contributed by atoms with Crippen LogP contribution in [0.5, 0.6) is 0 Å². The maximum absolute atomic E-state index is 14.2. The molecule has 27 heavy (non-hydrogen) atoms. The van der Waals surface area contributed by atoms with E-state index < -0.39 is 0 Å². The molecule has 0 spiro atoms. The van der Waals surface area contributed by atoms with Crippen LogP contribution in [0.25, 0.3) is 10.8 Å². The Morgan fingerprint density at radius 2 is 1.78 bits per heavy atom. The third kappa shape index (κ3) is 2.85. The number of para-hydroxylation sites is 2. The molecule has 0 unspecified atom stereocenters. The van der Waals surface area contributed by atoms with Crippen molar-refractivity contribution >= 4 is 22.1 Å². The van der Waals surface area contributed by atoms with Gasteiger partial charge in [-0.15, -0.1) is 0 Å². The van der Waals surface area contributed by atoms with Crippen molar-refractivity contribution in [2.45, 2.75) is 31.3 Å². The number of benzene rings is 3. The Kier molecular flexibility index (Phi) is 4.01. The highest BCUT2D eigenvalue weighted by Crippen LogP contribution is 2.41. The topological polar surface area (TPSA) is 41.3 Å². The second-order valence-corrected chi connectivity index (χ2v) is 7.74. The zero-order valence-electron chi connectivity index (χ0n) is 15.3. The Morgan fingerprint density at radius 1 is 0.963 bits per heavy atom. The van der Waals surface area contributed by atoms with Crippen LogP contribution in [-0.4, -0.2) is 24.0 Å². The predicted molar refractivity (Wildman–Crippen MR) is 109 cm³/mol. The largest absolute Gasteiger partial charge is 0.397 e. The third-order valence-corrected chi connectivity index (χ3v) is 6.17. The molecule has 1 saturated heterocycles. The number of nitrogens with two attached hydrogens (primary N) is 1. The Balaban J connectivity index is 1.32. The summed E-state index contributed by atoms with van der Waals surface area (Å²) in [5, 5.41) is 5.51. The monoisotopic (exact) mass is 361 g/mol. The number of halogens is 1. The molecule has 1 atom stereocenters. The van der Waals surface area contributed by atoms with Gasteiger partial charge in [-0.2, -0.15) is 0 Å². The molecule has 0 aromatic heterocycles. The molecule has 1 aliphatic heterocycles. The Morgan fingerprint density at radius 3 is 2.59 bits per heavy atom. The van der Waals surface area contributed by atoms with E-state index in [4.69, 9.17) is 5.73 Å². The lowest BCUT2D eigenvalue weighted by molar-refractivity contribution is 0.160. The first-order chi connectivity index (χ1) is 13.2. The molecule has 1 aliphatic carbocycles. The molecule has 1 fully saturated rings. The summed E-state index contributed by atoms with van der Waals surface area (Å²) < 4.78 is 14.2. The van der Waals surface area contributed by atoms with Crippen LogP contribution >= 0.6 is 0 Å². The van der Waals surface area contributed by atoms with Gasteiger partial charge >= 0.3 is 0 Å². The number of nitrogens with one attached hydrogen (secondary N) is 1. The number of hydrogen-bond donors (Lipinski definition) is 2. The average Bonchev–Trinajstić information content (AvgIpc) is 3.07. The zero-order chi connectivity index (χ0) is 18.4. The van der Waals surface area contributed by atoms with Crippen molar-refractivity contribution in [2.24, 2.45) is 0 Å². The van der Waals surface area contributed by atoms with Gasteiger partial charge in [-0.25, -0.2) is 4.39 Å². The van der Waals surface area contributed by atoms with Gasteiger partial charge in [0.2, 0.25) is 0 Å². The van der Waals surface area contributed by atoms with E-state index in [1.165, 1.54) is 11.1 Å². The van der Waals surface area contributed by atoms with Gasteiger partial charge in [-0.05, 0) is 54.0 Å². The maximum Gasteiger partial charge on any atom is 0.131 e. The van der Waals surface area contributed by atoms with Gasteiger partial charge in [-0.3, -0.25) is 4.90 Å². The van der Waals surface area contributed by atoms with Crippen molar-refractivity contribution < 1.29 is 4.39 Å². The summed E-state index contributed by atoms with van der Waals surface area (Å²) in [4.78, 5) is 2.57. The summed E-state index contributed by atoms with van der Waals surface area (Å²) in [5.74, 6) is -0.111. The fraction of sp³-hybridized carbons (Fsp3) is 0.304. The molecule has 0 radical (unpaired) electrons. The smallest absolute Gasteiger partial charge is 0.131 e. The van der Waals surface area contributed by atoms with E-state index in [9.17, 15) is 4.39 Å². The standard InChI is InChI=1S/C23H24FN3/c24-19-9-8-15-14-22(18-5-3-4-17(19)23(15)18)27-12-10-16(11-13-27)26-21-7-2-1-6-20(21)25/h1-9,16,22,26H,10-14,25H2/t22-/m1/s1. The number of hydrogen-bond acceptors (Lipinski definition) is 3. The molecule has 4 heteroatoms. The summed E-state index contributed by atoms with van der Waals surface area (Å²) in [7, 11) is 0. The van der Waals surface area contributed by atoms with Gasteiger partial charge in [0.1, 0.15) is 5.82 Å². The highest BCUT2D eigenvalue weighted by molar-refractivity contribution is 5.91. The normalized spacial score (nSPS) is 20.3. The quantitative estimate of drug-likeness (QED) is 0.663. The van der Waals surface area contributed by atoms with E-state index in [0.29, 0.717) is 12.1 Å². The zero-order valence-corrected chi connectivity index (χ0v) is 15.3. The lowest BCUT2D eigenvalue weighted by Crippen LogP contribution is -2.41. The van der Waals surface area contributed by atoms with E-state index >= 15 is 0 Å². The van der Waals surface area contributed by atoms with Crippen molar-refractivity contribution in [3.8, 4) is 0 Å². The number of nitrogens with zero attached hydrogens (tertiary/aromatic N) is 1. The minimum Gasteiger partial charge on any atom is -0.397 e. The number of nitrogen functional groups attached to an aromatic ring is 1. The van der Waals surface area contributed by atoms with Gasteiger partial charge in [-0.1, -0.05) is 36.4 Å². The molecule has 0 saturated carbocycles. The van der Waals surface area contributed by atoms with Crippen molar-refractivity contribution in [3.05, 3.63) is 71.5 Å². The maximum atomic E-state index is 14.2. The van der Waals surface area contributed by atoms with Gasteiger partial charge < -0.3 is 11.1 Å². The molecular weight excluding hydrogens is 337 g/mol. The minimum absolute atomic E-state index is 0.111.